The lowest BCUT2D eigenvalue weighted by Gasteiger charge is -2.22. The molecule has 0 aliphatic carbocycles. The Kier molecular flexibility index (Phi) is 12.0. The first-order valence-electron chi connectivity index (χ1n) is 9.32. The largest absolute Gasteiger partial charge is 0.480 e. The Bertz CT molecular complexity index is 508. The topological polar surface area (TPSA) is 142 Å². The molecule has 27 heavy (non-hydrogen) atoms. The molecule has 0 radical (unpaired) electrons. The summed E-state index contributed by atoms with van der Waals surface area (Å²) in [6.45, 7) is 6.81. The van der Waals surface area contributed by atoms with Gasteiger partial charge in [-0.25, -0.2) is 4.79 Å². The Morgan fingerprint density at radius 3 is 2.04 bits per heavy atom. The highest BCUT2D eigenvalue weighted by atomic mass is 16.5. The average Bonchev–Trinajstić information content (AvgIpc) is 2.56. The number of ether oxygens (including phenoxy) is 1. The third-order valence-corrected chi connectivity index (χ3v) is 3.86. The van der Waals surface area contributed by atoms with Crippen LogP contribution < -0.4 is 10.6 Å². The van der Waals surface area contributed by atoms with Crippen LogP contribution in [0.15, 0.2) is 0 Å². The molecular weight excluding hydrogens is 356 g/mol. The van der Waals surface area contributed by atoms with Gasteiger partial charge in [0.15, 0.2) is 6.04 Å². The van der Waals surface area contributed by atoms with Crippen LogP contribution in [-0.2, 0) is 23.9 Å². The molecule has 0 saturated carbocycles. The molecule has 2 amide bonds. The van der Waals surface area contributed by atoms with Crippen molar-refractivity contribution in [3.8, 4) is 0 Å². The number of rotatable bonds is 13. The van der Waals surface area contributed by atoms with E-state index >= 15 is 0 Å². The van der Waals surface area contributed by atoms with Crippen molar-refractivity contribution in [3.05, 3.63) is 0 Å². The van der Waals surface area contributed by atoms with E-state index in [1.54, 1.807) is 6.92 Å². The van der Waals surface area contributed by atoms with E-state index in [1.165, 1.54) is 6.92 Å². The van der Waals surface area contributed by atoms with Gasteiger partial charge in [0.1, 0.15) is 6.04 Å². The molecular formula is C18H32N2O7. The monoisotopic (exact) mass is 388 g/mol. The number of aliphatic hydroxyl groups is 1. The SMILES string of the molecule is CCCC(C)OC(=O)CCC(=O)N[C@@H](CCC)C(=O)N[C@H](C(=O)O)C(C)O. The molecule has 0 saturated heterocycles. The minimum atomic E-state index is -1.47. The predicted octanol–water partition coefficient (Wildman–Crippen LogP) is 0.734. The summed E-state index contributed by atoms with van der Waals surface area (Å²) in [6.07, 6.45) is 0.748. The van der Waals surface area contributed by atoms with Crippen LogP contribution in [0.25, 0.3) is 0 Å². The minimum Gasteiger partial charge on any atom is -0.480 e. The van der Waals surface area contributed by atoms with Crippen molar-refractivity contribution < 1.29 is 34.1 Å². The van der Waals surface area contributed by atoms with Crippen LogP contribution in [0.5, 0.6) is 0 Å². The molecule has 0 bridgehead atoms. The van der Waals surface area contributed by atoms with Crippen LogP contribution in [0.1, 0.15) is 66.2 Å². The maximum Gasteiger partial charge on any atom is 0.328 e. The molecule has 9 heteroatoms. The van der Waals surface area contributed by atoms with Gasteiger partial charge in [0, 0.05) is 6.42 Å². The number of carboxylic acid groups (broad SMARTS) is 1. The van der Waals surface area contributed by atoms with Gasteiger partial charge in [-0.1, -0.05) is 26.7 Å². The first-order chi connectivity index (χ1) is 12.6. The number of aliphatic hydroxyl groups excluding tert-OH is 1. The van der Waals surface area contributed by atoms with E-state index in [-0.39, 0.29) is 18.9 Å². The highest BCUT2D eigenvalue weighted by Gasteiger charge is 2.29. The minimum absolute atomic E-state index is 0.105. The van der Waals surface area contributed by atoms with E-state index in [9.17, 15) is 24.3 Å². The van der Waals surface area contributed by atoms with Crippen molar-refractivity contribution >= 4 is 23.8 Å². The molecule has 2 unspecified atom stereocenters. The van der Waals surface area contributed by atoms with Gasteiger partial charge >= 0.3 is 11.9 Å². The summed E-state index contributed by atoms with van der Waals surface area (Å²) in [7, 11) is 0. The van der Waals surface area contributed by atoms with Gasteiger partial charge in [-0.2, -0.15) is 0 Å². The zero-order chi connectivity index (χ0) is 21.0. The van der Waals surface area contributed by atoms with Gasteiger partial charge in [-0.3, -0.25) is 14.4 Å². The van der Waals surface area contributed by atoms with E-state index in [1.807, 2.05) is 13.8 Å². The molecule has 9 nitrogen and oxygen atoms in total. The number of aliphatic carboxylic acids is 1. The second-order valence-electron chi connectivity index (χ2n) is 6.56. The van der Waals surface area contributed by atoms with Crippen molar-refractivity contribution in [2.75, 3.05) is 0 Å². The summed E-state index contributed by atoms with van der Waals surface area (Å²) in [5.74, 6) is -3.06. The van der Waals surface area contributed by atoms with Gasteiger partial charge in [-0.05, 0) is 26.7 Å². The van der Waals surface area contributed by atoms with E-state index in [2.05, 4.69) is 10.6 Å². The lowest BCUT2D eigenvalue weighted by atomic mass is 10.1. The van der Waals surface area contributed by atoms with Crippen LogP contribution in [0, 0.1) is 0 Å². The Morgan fingerprint density at radius 2 is 1.56 bits per heavy atom. The lowest BCUT2D eigenvalue weighted by molar-refractivity contribution is -0.150. The zero-order valence-electron chi connectivity index (χ0n) is 16.5. The fourth-order valence-corrected chi connectivity index (χ4v) is 2.43. The van der Waals surface area contributed by atoms with Crippen molar-refractivity contribution in [3.63, 3.8) is 0 Å². The van der Waals surface area contributed by atoms with Crippen LogP contribution in [0.3, 0.4) is 0 Å². The Labute approximate surface area is 159 Å². The molecule has 0 aliphatic heterocycles. The number of carboxylic acids is 1. The van der Waals surface area contributed by atoms with Crippen molar-refractivity contribution in [2.24, 2.45) is 0 Å². The molecule has 0 fully saturated rings. The van der Waals surface area contributed by atoms with Crippen LogP contribution >= 0.6 is 0 Å². The standard InChI is InChI=1S/C18H32N2O7/c1-5-7-11(3)27-15(23)10-9-14(22)19-13(8-6-2)17(24)20-16(12(4)21)18(25)26/h11-13,16,21H,5-10H2,1-4H3,(H,19,22)(H,20,24)(H,25,26)/t11?,12?,13-,16-/m0/s1. The number of carbonyl (C=O) groups excluding carboxylic acids is 3. The van der Waals surface area contributed by atoms with Crippen LogP contribution in [0.4, 0.5) is 0 Å². The van der Waals surface area contributed by atoms with Crippen molar-refractivity contribution in [2.45, 2.75) is 90.5 Å². The second kappa shape index (κ2) is 13.1. The fourth-order valence-electron chi connectivity index (χ4n) is 2.43. The molecule has 4 atom stereocenters. The molecule has 0 heterocycles. The van der Waals surface area contributed by atoms with Gasteiger partial charge in [0.2, 0.25) is 11.8 Å². The number of carbonyl (C=O) groups is 4. The number of nitrogens with one attached hydrogen (secondary N) is 2. The van der Waals surface area contributed by atoms with Crippen LogP contribution in [0.2, 0.25) is 0 Å². The van der Waals surface area contributed by atoms with E-state index in [0.717, 1.165) is 12.8 Å². The maximum atomic E-state index is 12.3. The predicted molar refractivity (Wildman–Crippen MR) is 97.8 cm³/mol. The third-order valence-electron chi connectivity index (χ3n) is 3.86. The highest BCUT2D eigenvalue weighted by Crippen LogP contribution is 2.05. The summed E-state index contributed by atoms with van der Waals surface area (Å²) in [5, 5.41) is 23.2. The quantitative estimate of drug-likeness (QED) is 0.341. The zero-order valence-corrected chi connectivity index (χ0v) is 16.5. The summed E-state index contributed by atoms with van der Waals surface area (Å²) < 4.78 is 5.16. The van der Waals surface area contributed by atoms with Crippen molar-refractivity contribution in [1.29, 1.82) is 0 Å². The first-order valence-corrected chi connectivity index (χ1v) is 9.32. The van der Waals surface area contributed by atoms with Gasteiger partial charge in [-0.15, -0.1) is 0 Å². The molecule has 4 N–H and O–H groups in total. The van der Waals surface area contributed by atoms with Crippen molar-refractivity contribution in [1.82, 2.24) is 10.6 Å². The smallest absolute Gasteiger partial charge is 0.328 e. The maximum absolute atomic E-state index is 12.3. The summed E-state index contributed by atoms with van der Waals surface area (Å²) in [4.78, 5) is 47.1. The fraction of sp³-hybridized carbons (Fsp3) is 0.778. The number of hydrogen-bond acceptors (Lipinski definition) is 6. The van der Waals surface area contributed by atoms with Gasteiger partial charge in [0.25, 0.3) is 0 Å². The summed E-state index contributed by atoms with van der Waals surface area (Å²) in [6, 6.07) is -2.41. The molecule has 156 valence electrons. The van der Waals surface area contributed by atoms with E-state index < -0.39 is 41.9 Å². The normalized spacial score (nSPS) is 15.1. The highest BCUT2D eigenvalue weighted by molar-refractivity contribution is 5.91. The first kappa shape index (κ1) is 24.8. The summed E-state index contributed by atoms with van der Waals surface area (Å²) in [5.41, 5.74) is 0. The number of hydrogen-bond donors (Lipinski definition) is 4. The van der Waals surface area contributed by atoms with E-state index in [0.29, 0.717) is 12.8 Å². The average molecular weight is 388 g/mol. The van der Waals surface area contributed by atoms with Gasteiger partial charge in [0.05, 0.1) is 18.6 Å². The Balaban J connectivity index is 4.62. The molecule has 0 aromatic carbocycles. The lowest BCUT2D eigenvalue weighted by Crippen LogP contribution is -2.54. The molecule has 0 rings (SSSR count). The van der Waals surface area contributed by atoms with E-state index in [4.69, 9.17) is 9.84 Å². The molecule has 0 aromatic rings. The molecule has 0 spiro atoms. The van der Waals surface area contributed by atoms with Crippen LogP contribution in [-0.4, -0.2) is 58.3 Å². The summed E-state index contributed by atoms with van der Waals surface area (Å²) >= 11 is 0. The van der Waals surface area contributed by atoms with Gasteiger partial charge < -0.3 is 25.6 Å². The Morgan fingerprint density at radius 1 is 0.963 bits per heavy atom. The number of amides is 2. The Hall–Kier alpha value is -2.16. The molecule has 0 aromatic heterocycles. The second-order valence-corrected chi connectivity index (χ2v) is 6.56. The third kappa shape index (κ3) is 10.5. The number of esters is 1. The molecule has 0 aliphatic rings.